The van der Waals surface area contributed by atoms with E-state index in [-0.39, 0.29) is 0 Å². The number of halogens is 1. The topological polar surface area (TPSA) is 51.6 Å². The Morgan fingerprint density at radius 2 is 1.75 bits per heavy atom. The van der Waals surface area contributed by atoms with E-state index in [0.717, 1.165) is 16.7 Å². The molecule has 0 fully saturated rings. The average Bonchev–Trinajstić information content (AvgIpc) is 2.48. The minimum Gasteiger partial charge on any atom is -0.384 e. The second kappa shape index (κ2) is 6.95. The first-order valence-electron chi connectivity index (χ1n) is 6.11. The molecule has 1 aromatic heterocycles. The van der Waals surface area contributed by atoms with Gasteiger partial charge < -0.3 is 14.6 Å². The monoisotopic (exact) mass is 337 g/mol. The van der Waals surface area contributed by atoms with Crippen molar-refractivity contribution in [1.29, 1.82) is 0 Å². The molecule has 1 aromatic carbocycles. The molecular weight excluding hydrogens is 322 g/mol. The molecule has 0 radical (unpaired) electrons. The van der Waals surface area contributed by atoms with E-state index in [1.54, 1.807) is 32.5 Å². The summed E-state index contributed by atoms with van der Waals surface area (Å²) in [4.78, 5) is 4.06. The predicted molar refractivity (Wildman–Crippen MR) is 79.2 cm³/mol. The van der Waals surface area contributed by atoms with E-state index in [9.17, 15) is 5.11 Å². The number of aliphatic hydroxyl groups excluding tert-OH is 1. The van der Waals surface area contributed by atoms with Crippen LogP contribution in [0.2, 0.25) is 0 Å². The van der Waals surface area contributed by atoms with Gasteiger partial charge in [-0.25, -0.2) is 4.98 Å². The molecule has 0 amide bonds. The molecule has 2 aromatic rings. The van der Waals surface area contributed by atoms with Crippen LogP contribution in [0.3, 0.4) is 0 Å². The van der Waals surface area contributed by atoms with Crippen LogP contribution in [0.1, 0.15) is 29.1 Å². The van der Waals surface area contributed by atoms with Crippen molar-refractivity contribution in [2.75, 3.05) is 14.2 Å². The van der Waals surface area contributed by atoms with Crippen LogP contribution < -0.4 is 0 Å². The Hall–Kier alpha value is -1.27. The van der Waals surface area contributed by atoms with Gasteiger partial charge in [-0.1, -0.05) is 24.3 Å². The summed E-state index contributed by atoms with van der Waals surface area (Å²) >= 11 is 3.31. The molecule has 20 heavy (non-hydrogen) atoms. The fourth-order valence-corrected chi connectivity index (χ4v) is 2.47. The molecule has 1 atom stereocenters. The molecule has 1 N–H and O–H groups in total. The molecule has 1 heterocycles. The predicted octanol–water partition coefficient (Wildman–Crippen LogP) is 3.22. The molecule has 1 unspecified atom stereocenters. The van der Waals surface area contributed by atoms with Gasteiger partial charge in [0.1, 0.15) is 10.7 Å². The lowest BCUT2D eigenvalue weighted by Crippen LogP contribution is -2.10. The van der Waals surface area contributed by atoms with Gasteiger partial charge in [-0.3, -0.25) is 0 Å². The summed E-state index contributed by atoms with van der Waals surface area (Å²) in [6.07, 6.45) is 0.375. The molecule has 0 bridgehead atoms. The SMILES string of the molecule is COC(OC)c1ccccc1C(O)c1ccnc(Br)c1. The van der Waals surface area contributed by atoms with Crippen LogP contribution >= 0.6 is 15.9 Å². The Balaban J connectivity index is 2.42. The maximum absolute atomic E-state index is 10.6. The van der Waals surface area contributed by atoms with Gasteiger partial charge in [0, 0.05) is 26.0 Å². The van der Waals surface area contributed by atoms with Gasteiger partial charge in [-0.15, -0.1) is 0 Å². The van der Waals surface area contributed by atoms with E-state index < -0.39 is 12.4 Å². The molecule has 2 rings (SSSR count). The lowest BCUT2D eigenvalue weighted by Gasteiger charge is -2.21. The highest BCUT2D eigenvalue weighted by Crippen LogP contribution is 2.30. The number of aromatic nitrogens is 1. The van der Waals surface area contributed by atoms with Crippen LogP contribution in [0.25, 0.3) is 0 Å². The van der Waals surface area contributed by atoms with Gasteiger partial charge in [0.15, 0.2) is 6.29 Å². The zero-order chi connectivity index (χ0) is 14.5. The van der Waals surface area contributed by atoms with Crippen molar-refractivity contribution in [3.05, 3.63) is 63.9 Å². The first-order chi connectivity index (χ1) is 9.67. The van der Waals surface area contributed by atoms with Crippen LogP contribution in [-0.4, -0.2) is 24.3 Å². The number of hydrogen-bond acceptors (Lipinski definition) is 4. The second-order valence-electron chi connectivity index (χ2n) is 4.25. The number of benzene rings is 1. The number of methoxy groups -OCH3 is 2. The van der Waals surface area contributed by atoms with Crippen molar-refractivity contribution in [3.63, 3.8) is 0 Å². The van der Waals surface area contributed by atoms with Crippen LogP contribution in [0.5, 0.6) is 0 Å². The Kier molecular flexibility index (Phi) is 5.25. The van der Waals surface area contributed by atoms with Gasteiger partial charge in [0.25, 0.3) is 0 Å². The maximum atomic E-state index is 10.6. The van der Waals surface area contributed by atoms with Gasteiger partial charge >= 0.3 is 0 Å². The van der Waals surface area contributed by atoms with E-state index in [2.05, 4.69) is 20.9 Å². The van der Waals surface area contributed by atoms with Crippen LogP contribution in [0.15, 0.2) is 47.2 Å². The number of rotatable bonds is 5. The summed E-state index contributed by atoms with van der Waals surface area (Å²) in [7, 11) is 3.14. The standard InChI is InChI=1S/C15H16BrNO3/c1-19-15(20-2)12-6-4-3-5-11(12)14(18)10-7-8-17-13(16)9-10/h3-9,14-15,18H,1-2H3. The van der Waals surface area contributed by atoms with Crippen molar-refractivity contribution in [1.82, 2.24) is 4.98 Å². The number of pyridine rings is 1. The summed E-state index contributed by atoms with van der Waals surface area (Å²) in [5.41, 5.74) is 2.31. The number of nitrogens with zero attached hydrogens (tertiary/aromatic N) is 1. The minimum atomic E-state index is -0.765. The third-order valence-corrected chi connectivity index (χ3v) is 3.47. The van der Waals surface area contributed by atoms with Crippen molar-refractivity contribution in [2.24, 2.45) is 0 Å². The molecule has 0 saturated carbocycles. The Labute approximate surface area is 126 Å². The summed E-state index contributed by atoms with van der Waals surface area (Å²) in [5.74, 6) is 0. The largest absolute Gasteiger partial charge is 0.384 e. The van der Waals surface area contributed by atoms with Gasteiger partial charge in [0.2, 0.25) is 0 Å². The van der Waals surface area contributed by atoms with Crippen molar-refractivity contribution in [2.45, 2.75) is 12.4 Å². The second-order valence-corrected chi connectivity index (χ2v) is 5.06. The minimum absolute atomic E-state index is 0.508. The molecular formula is C15H16BrNO3. The summed E-state index contributed by atoms with van der Waals surface area (Å²) in [5, 5.41) is 10.6. The van der Waals surface area contributed by atoms with E-state index in [0.29, 0.717) is 4.60 Å². The van der Waals surface area contributed by atoms with E-state index in [1.807, 2.05) is 24.3 Å². The van der Waals surface area contributed by atoms with E-state index in [1.165, 1.54) is 0 Å². The Morgan fingerprint density at radius 1 is 1.10 bits per heavy atom. The van der Waals surface area contributed by atoms with Gasteiger partial charge in [-0.2, -0.15) is 0 Å². The fraction of sp³-hybridized carbons (Fsp3) is 0.267. The molecule has 4 nitrogen and oxygen atoms in total. The Morgan fingerprint density at radius 3 is 2.35 bits per heavy atom. The normalized spacial score (nSPS) is 12.7. The van der Waals surface area contributed by atoms with Crippen LogP contribution in [0, 0.1) is 0 Å². The summed E-state index contributed by atoms with van der Waals surface area (Å²) in [6.45, 7) is 0. The van der Waals surface area contributed by atoms with Crippen LogP contribution in [-0.2, 0) is 9.47 Å². The zero-order valence-electron chi connectivity index (χ0n) is 11.3. The number of hydrogen-bond donors (Lipinski definition) is 1. The lowest BCUT2D eigenvalue weighted by atomic mass is 9.97. The average molecular weight is 338 g/mol. The van der Waals surface area contributed by atoms with Gasteiger partial charge in [0.05, 0.1) is 0 Å². The molecule has 0 aliphatic carbocycles. The quantitative estimate of drug-likeness (QED) is 0.672. The van der Waals surface area contributed by atoms with Crippen molar-refractivity contribution < 1.29 is 14.6 Å². The smallest absolute Gasteiger partial charge is 0.183 e. The number of aliphatic hydroxyl groups is 1. The first-order valence-corrected chi connectivity index (χ1v) is 6.90. The molecule has 5 heteroatoms. The summed E-state index contributed by atoms with van der Waals surface area (Å²) < 4.78 is 11.2. The van der Waals surface area contributed by atoms with Crippen molar-refractivity contribution in [3.8, 4) is 0 Å². The molecule has 0 spiro atoms. The van der Waals surface area contributed by atoms with E-state index >= 15 is 0 Å². The zero-order valence-corrected chi connectivity index (χ0v) is 12.9. The third-order valence-electron chi connectivity index (χ3n) is 3.04. The Bertz CT molecular complexity index is 573. The van der Waals surface area contributed by atoms with Gasteiger partial charge in [-0.05, 0) is 39.2 Å². The van der Waals surface area contributed by atoms with Crippen molar-refractivity contribution >= 4 is 15.9 Å². The summed E-state index contributed by atoms with van der Waals surface area (Å²) in [6, 6.07) is 11.1. The highest BCUT2D eigenvalue weighted by Gasteiger charge is 2.20. The van der Waals surface area contributed by atoms with E-state index in [4.69, 9.17) is 9.47 Å². The molecule has 0 aliphatic rings. The highest BCUT2D eigenvalue weighted by molar-refractivity contribution is 9.10. The first kappa shape index (κ1) is 15.1. The molecule has 106 valence electrons. The molecule has 0 saturated heterocycles. The third kappa shape index (κ3) is 3.24. The lowest BCUT2D eigenvalue weighted by molar-refractivity contribution is -0.107. The highest BCUT2D eigenvalue weighted by atomic mass is 79.9. The van der Waals surface area contributed by atoms with Crippen LogP contribution in [0.4, 0.5) is 0 Å². The maximum Gasteiger partial charge on any atom is 0.183 e. The molecule has 0 aliphatic heterocycles. The fourth-order valence-electron chi connectivity index (χ4n) is 2.09. The number of ether oxygens (including phenoxy) is 2.